The molecular weight excluding hydrogens is 458 g/mol. The number of benzene rings is 2. The minimum absolute atomic E-state index is 0.0496. The van der Waals surface area contributed by atoms with Gasteiger partial charge in [0.1, 0.15) is 18.1 Å². The summed E-state index contributed by atoms with van der Waals surface area (Å²) in [5.41, 5.74) is 2.74. The van der Waals surface area contributed by atoms with Gasteiger partial charge in [-0.2, -0.15) is 0 Å². The maximum absolute atomic E-state index is 14.4. The van der Waals surface area contributed by atoms with E-state index in [9.17, 15) is 28.3 Å². The Morgan fingerprint density at radius 3 is 2.29 bits per heavy atom. The number of carboxylic acid groups (broad SMARTS) is 1. The van der Waals surface area contributed by atoms with Crippen LogP contribution in [0.4, 0.5) is 13.6 Å². The Morgan fingerprint density at radius 2 is 1.69 bits per heavy atom. The zero-order valence-electron chi connectivity index (χ0n) is 19.2. The number of hydrogen-bond acceptors (Lipinski definition) is 4. The quantitative estimate of drug-likeness (QED) is 0.649. The van der Waals surface area contributed by atoms with Crippen LogP contribution in [-0.2, 0) is 14.3 Å². The van der Waals surface area contributed by atoms with Crippen molar-refractivity contribution in [1.29, 1.82) is 0 Å². The number of likely N-dealkylation sites (tertiary alicyclic amines) is 1. The third-order valence-corrected chi connectivity index (χ3v) is 7.65. The highest BCUT2D eigenvalue weighted by Crippen LogP contribution is 2.56. The topological polar surface area (TPSA) is 95.9 Å². The first-order valence-electron chi connectivity index (χ1n) is 11.7. The average molecular weight is 484 g/mol. The van der Waals surface area contributed by atoms with Gasteiger partial charge in [0.25, 0.3) is 5.92 Å². The average Bonchev–Trinajstić information content (AvgIpc) is 3.11. The highest BCUT2D eigenvalue weighted by Gasteiger charge is 2.73. The molecule has 1 saturated heterocycles. The second-order valence-corrected chi connectivity index (χ2v) is 9.64. The number of alkyl halides is 2. The van der Waals surface area contributed by atoms with Crippen LogP contribution in [0.3, 0.4) is 0 Å². The Morgan fingerprint density at radius 1 is 1.09 bits per heavy atom. The molecule has 35 heavy (non-hydrogen) atoms. The number of hydrogen-bond donors (Lipinski definition) is 2. The lowest BCUT2D eigenvalue weighted by atomic mass is 9.98. The van der Waals surface area contributed by atoms with Crippen LogP contribution in [0.5, 0.6) is 0 Å². The SMILES string of the molecule is C[C@]1(C(=O)O)CCCN1C(=O)C1C(CNC(=O)OCC2c3ccccc3-c3ccccc32)C1(F)F. The molecule has 0 spiro atoms. The predicted molar refractivity (Wildman–Crippen MR) is 122 cm³/mol. The van der Waals surface area contributed by atoms with Crippen LogP contribution in [0.2, 0.25) is 0 Å². The van der Waals surface area contributed by atoms with Gasteiger partial charge in [0.2, 0.25) is 5.91 Å². The molecule has 1 heterocycles. The number of amides is 2. The molecule has 2 aromatic carbocycles. The summed E-state index contributed by atoms with van der Waals surface area (Å²) in [5.74, 6) is -8.59. The Balaban J connectivity index is 1.19. The van der Waals surface area contributed by atoms with E-state index in [0.717, 1.165) is 27.2 Å². The van der Waals surface area contributed by atoms with Crippen LogP contribution < -0.4 is 5.32 Å². The van der Waals surface area contributed by atoms with E-state index < -0.39 is 47.8 Å². The van der Waals surface area contributed by atoms with Gasteiger partial charge in [-0.05, 0) is 42.0 Å². The first-order valence-corrected chi connectivity index (χ1v) is 11.7. The molecule has 2 unspecified atom stereocenters. The van der Waals surface area contributed by atoms with E-state index in [1.165, 1.54) is 6.92 Å². The van der Waals surface area contributed by atoms with E-state index in [-0.39, 0.29) is 25.5 Å². The summed E-state index contributed by atoms with van der Waals surface area (Å²) >= 11 is 0. The molecule has 1 saturated carbocycles. The van der Waals surface area contributed by atoms with Gasteiger partial charge in [-0.1, -0.05) is 48.5 Å². The normalized spacial score (nSPS) is 26.1. The van der Waals surface area contributed by atoms with E-state index in [2.05, 4.69) is 5.32 Å². The lowest BCUT2D eigenvalue weighted by molar-refractivity contribution is -0.156. The van der Waals surface area contributed by atoms with Crippen LogP contribution in [0.15, 0.2) is 48.5 Å². The molecule has 9 heteroatoms. The largest absolute Gasteiger partial charge is 0.480 e. The van der Waals surface area contributed by atoms with Crippen molar-refractivity contribution in [3.05, 3.63) is 59.7 Å². The highest BCUT2D eigenvalue weighted by atomic mass is 19.3. The molecule has 2 N–H and O–H groups in total. The molecule has 7 nitrogen and oxygen atoms in total. The number of carbonyl (C=O) groups excluding carboxylic acids is 2. The van der Waals surface area contributed by atoms with Crippen molar-refractivity contribution in [3.8, 4) is 11.1 Å². The van der Waals surface area contributed by atoms with E-state index in [1.807, 2.05) is 48.5 Å². The monoisotopic (exact) mass is 484 g/mol. The van der Waals surface area contributed by atoms with Crippen molar-refractivity contribution >= 4 is 18.0 Å². The van der Waals surface area contributed by atoms with Crippen LogP contribution in [0, 0.1) is 11.8 Å². The van der Waals surface area contributed by atoms with Crippen molar-refractivity contribution in [2.75, 3.05) is 19.7 Å². The van der Waals surface area contributed by atoms with Gasteiger partial charge >= 0.3 is 12.1 Å². The Kier molecular flexibility index (Phi) is 5.53. The molecule has 0 bridgehead atoms. The van der Waals surface area contributed by atoms with Gasteiger partial charge in [0, 0.05) is 19.0 Å². The molecule has 5 rings (SSSR count). The predicted octanol–water partition coefficient (Wildman–Crippen LogP) is 3.87. The molecule has 2 aromatic rings. The molecule has 1 aliphatic heterocycles. The lowest BCUT2D eigenvalue weighted by Gasteiger charge is -2.31. The van der Waals surface area contributed by atoms with Crippen molar-refractivity contribution < 1.29 is 33.0 Å². The summed E-state index contributed by atoms with van der Waals surface area (Å²) in [4.78, 5) is 37.8. The third-order valence-electron chi connectivity index (χ3n) is 7.65. The summed E-state index contributed by atoms with van der Waals surface area (Å²) in [5, 5.41) is 11.8. The number of ether oxygens (including phenoxy) is 1. The van der Waals surface area contributed by atoms with Crippen molar-refractivity contribution in [2.24, 2.45) is 11.8 Å². The number of aliphatic carboxylic acids is 1. The van der Waals surface area contributed by atoms with Crippen LogP contribution >= 0.6 is 0 Å². The highest BCUT2D eigenvalue weighted by molar-refractivity contribution is 5.91. The summed E-state index contributed by atoms with van der Waals surface area (Å²) in [6, 6.07) is 15.7. The number of nitrogens with one attached hydrogen (secondary N) is 1. The van der Waals surface area contributed by atoms with Crippen LogP contribution in [-0.4, -0.2) is 59.1 Å². The zero-order valence-corrected chi connectivity index (χ0v) is 19.2. The van der Waals surface area contributed by atoms with E-state index >= 15 is 0 Å². The molecule has 0 aromatic heterocycles. The Labute approximate surface area is 201 Å². The van der Waals surface area contributed by atoms with Gasteiger partial charge in [-0.25, -0.2) is 18.4 Å². The van der Waals surface area contributed by atoms with Crippen molar-refractivity contribution in [1.82, 2.24) is 10.2 Å². The van der Waals surface area contributed by atoms with Crippen molar-refractivity contribution in [2.45, 2.75) is 37.1 Å². The summed E-state index contributed by atoms with van der Waals surface area (Å²) in [6.07, 6.45) is -0.179. The van der Waals surface area contributed by atoms with Crippen LogP contribution in [0.25, 0.3) is 11.1 Å². The van der Waals surface area contributed by atoms with Gasteiger partial charge in [0.15, 0.2) is 0 Å². The van der Waals surface area contributed by atoms with Gasteiger partial charge in [0.05, 0.1) is 5.92 Å². The molecule has 184 valence electrons. The second kappa shape index (κ2) is 8.32. The number of carboxylic acids is 1. The van der Waals surface area contributed by atoms with Gasteiger partial charge in [-0.3, -0.25) is 4.79 Å². The first-order chi connectivity index (χ1) is 16.7. The smallest absolute Gasteiger partial charge is 0.407 e. The minimum Gasteiger partial charge on any atom is -0.480 e. The number of alkyl carbamates (subject to hydrolysis) is 1. The molecule has 2 amide bonds. The summed E-state index contributed by atoms with van der Waals surface area (Å²) in [6.45, 7) is 1.12. The maximum Gasteiger partial charge on any atom is 0.407 e. The minimum atomic E-state index is -3.31. The number of fused-ring (bicyclic) bond motifs is 3. The molecule has 3 atom stereocenters. The fourth-order valence-electron chi connectivity index (χ4n) is 5.53. The number of halogens is 2. The number of rotatable bonds is 6. The van der Waals surface area contributed by atoms with E-state index in [4.69, 9.17) is 4.74 Å². The van der Waals surface area contributed by atoms with Crippen molar-refractivity contribution in [3.63, 3.8) is 0 Å². The van der Waals surface area contributed by atoms with Gasteiger partial charge in [-0.15, -0.1) is 0 Å². The van der Waals surface area contributed by atoms with E-state index in [0.29, 0.717) is 6.42 Å². The number of nitrogens with zero attached hydrogens (tertiary/aromatic N) is 1. The molecule has 0 radical (unpaired) electrons. The molecular formula is C26H26F2N2O5. The molecule has 3 aliphatic rings. The standard InChI is InChI=1S/C26H26F2N2O5/c1-25(23(32)33)11-6-12-30(25)22(31)21-20(26(21,27)28)13-29-24(34)35-14-19-17-9-4-2-7-15(17)16-8-3-5-10-18(16)19/h2-5,7-10,19-21H,6,11-14H2,1H3,(H,29,34)(H,32,33)/t20?,21?,25-/m1/s1. The fraction of sp³-hybridized carbons (Fsp3) is 0.423. The Bertz CT molecular complexity index is 1160. The second-order valence-electron chi connectivity index (χ2n) is 9.64. The third kappa shape index (κ3) is 3.73. The van der Waals surface area contributed by atoms with Gasteiger partial charge < -0.3 is 20.1 Å². The Hall–Kier alpha value is -3.49. The maximum atomic E-state index is 14.4. The molecule has 2 fully saturated rings. The fourth-order valence-corrected chi connectivity index (χ4v) is 5.53. The first kappa shape index (κ1) is 23.3. The summed E-state index contributed by atoms with van der Waals surface area (Å²) < 4.78 is 34.3. The number of carbonyl (C=O) groups is 3. The zero-order chi connectivity index (χ0) is 25.0. The molecule has 2 aliphatic carbocycles. The lowest BCUT2D eigenvalue weighted by Crippen LogP contribution is -2.51. The van der Waals surface area contributed by atoms with E-state index in [1.54, 1.807) is 0 Å². The summed E-state index contributed by atoms with van der Waals surface area (Å²) in [7, 11) is 0. The van der Waals surface area contributed by atoms with Crippen LogP contribution in [0.1, 0.15) is 36.8 Å².